The van der Waals surface area contributed by atoms with Gasteiger partial charge in [0, 0.05) is 43.3 Å². The van der Waals surface area contributed by atoms with Crippen molar-refractivity contribution in [1.29, 1.82) is 0 Å². The zero-order valence-electron chi connectivity index (χ0n) is 42.0. The van der Waals surface area contributed by atoms with Crippen LogP contribution in [0, 0.1) is 5.92 Å². The van der Waals surface area contributed by atoms with Crippen molar-refractivity contribution in [3.8, 4) is 0 Å². The van der Waals surface area contributed by atoms with Gasteiger partial charge in [0.25, 0.3) is 0 Å². The lowest BCUT2D eigenvalue weighted by molar-refractivity contribution is -0.141. The summed E-state index contributed by atoms with van der Waals surface area (Å²) >= 11 is 12.5. The number of nitrogens with one attached hydrogen (secondary N) is 8. The molecule has 420 valence electrons. The summed E-state index contributed by atoms with van der Waals surface area (Å²) in [6.07, 6.45) is 0.990. The Morgan fingerprint density at radius 1 is 0.533 bits per heavy atom. The fourth-order valence-electron chi connectivity index (χ4n) is 6.68. The van der Waals surface area contributed by atoms with E-state index in [2.05, 4.69) is 95.4 Å². The number of rotatable bonds is 36. The number of aliphatic carboxylic acids is 1. The quantitative estimate of drug-likeness (QED) is 0.0129. The lowest BCUT2D eigenvalue weighted by Gasteiger charge is -2.29. The molecule has 0 spiro atoms. The van der Waals surface area contributed by atoms with Crippen molar-refractivity contribution in [2.24, 2.45) is 61.0 Å². The first-order chi connectivity index (χ1) is 35.5. The van der Waals surface area contributed by atoms with Gasteiger partial charge in [-0.3, -0.25) is 53.3 Å². The van der Waals surface area contributed by atoms with Gasteiger partial charge in [-0.1, -0.05) is 50.6 Å². The molecule has 23 N–H and O–H groups in total. The van der Waals surface area contributed by atoms with Crippen LogP contribution in [0.3, 0.4) is 0 Å². The largest absolute Gasteiger partial charge is 0.480 e. The molecule has 28 nitrogen and oxygen atoms in total. The smallest absolute Gasteiger partial charge is 0.327 e. The molecule has 0 fully saturated rings. The van der Waals surface area contributed by atoms with Crippen molar-refractivity contribution < 1.29 is 48.3 Å². The lowest BCUT2D eigenvalue weighted by Crippen LogP contribution is -2.61. The monoisotopic (exact) mass is 1110 g/mol. The van der Waals surface area contributed by atoms with Crippen molar-refractivity contribution in [2.75, 3.05) is 43.4 Å². The van der Waals surface area contributed by atoms with Gasteiger partial charge in [-0.15, -0.1) is 0 Å². The van der Waals surface area contributed by atoms with E-state index in [1.54, 1.807) is 44.2 Å². The third-order valence-electron chi connectivity index (χ3n) is 11.0. The highest BCUT2D eigenvalue weighted by molar-refractivity contribution is 7.80. The maximum atomic E-state index is 14.1. The molecular weight excluding hydrogens is 1040 g/mol. The average molecular weight is 1110 g/mol. The van der Waals surface area contributed by atoms with Crippen LogP contribution >= 0.6 is 37.9 Å². The van der Waals surface area contributed by atoms with Crippen molar-refractivity contribution >= 4 is 109 Å². The minimum Gasteiger partial charge on any atom is -0.480 e. The highest BCUT2D eigenvalue weighted by Gasteiger charge is 2.34. The predicted octanol–water partition coefficient (Wildman–Crippen LogP) is -5.85. The molecule has 8 amide bonds. The molecule has 0 aliphatic carbocycles. The Hall–Kier alpha value is -6.73. The SMILES string of the molecule is CC[C@H](C)[C@H](NC(=O)[C@H](CS)NC(=O)[C@@H](N)CCCN=C(N)N)C(=O)N[C@@H](CS)C(=O)N[C@@H](CCCN=C(N)N)C(=O)N[C@@H](CCCN=C(N)N)C(=O)NCC(=O)N[C@@H](Cc1ccccc1)C(=O)N[C@@H](CS)C(=O)O. The number of guanidine groups is 3. The van der Waals surface area contributed by atoms with Crippen LogP contribution in [-0.2, 0) is 49.6 Å². The number of carboxylic acid groups (broad SMARTS) is 1. The summed E-state index contributed by atoms with van der Waals surface area (Å²) in [5, 5.41) is 29.7. The van der Waals surface area contributed by atoms with Crippen LogP contribution in [0.1, 0.15) is 64.4 Å². The number of benzene rings is 1. The standard InChI is InChI=1S/C44H76N18O10S3/c1-3-23(2)33(62-39(69)30(21-74)59-34(64)25(45)12-7-15-52-42(46)47)40(70)60-29(20-73)38(68)58-27(14-9-17-54-44(50)51)36(66)57-26(13-8-16-53-43(48)49)35(65)55-19-32(63)56-28(18-24-10-5-4-6-11-24)37(67)61-31(22-75)41(71)72/h4-6,10-11,23,25-31,33,73-75H,3,7-9,12-22,45H2,1-2H3,(H,55,65)(H,56,63)(H,57,66)(H,58,68)(H,59,64)(H,60,70)(H,61,67)(H,62,69)(H,71,72)(H4,46,47,52)(H4,48,49,53)(H4,50,51,54)/t23-,25-,26-,27-,28-,29-,30-,31-,33-/m0/s1. The molecule has 0 aromatic heterocycles. The number of aliphatic imine (C=N–C) groups is 3. The van der Waals surface area contributed by atoms with Gasteiger partial charge in [-0.2, -0.15) is 37.9 Å². The zero-order valence-corrected chi connectivity index (χ0v) is 44.7. The van der Waals surface area contributed by atoms with Gasteiger partial charge in [-0.25, -0.2) is 4.79 Å². The van der Waals surface area contributed by atoms with Crippen LogP contribution in [0.5, 0.6) is 0 Å². The summed E-state index contributed by atoms with van der Waals surface area (Å²) < 4.78 is 0. The average Bonchev–Trinajstić information content (AvgIpc) is 3.36. The van der Waals surface area contributed by atoms with E-state index in [1.165, 1.54) is 0 Å². The fourth-order valence-corrected chi connectivity index (χ4v) is 7.44. The molecule has 0 aliphatic heterocycles. The Bertz CT molecular complexity index is 2130. The van der Waals surface area contributed by atoms with E-state index in [0.29, 0.717) is 18.4 Å². The first-order valence-corrected chi connectivity index (χ1v) is 25.8. The highest BCUT2D eigenvalue weighted by Crippen LogP contribution is 2.11. The molecule has 0 saturated heterocycles. The van der Waals surface area contributed by atoms with Gasteiger partial charge in [0.05, 0.1) is 12.6 Å². The summed E-state index contributed by atoms with van der Waals surface area (Å²) in [5.74, 6) is -9.63. The van der Waals surface area contributed by atoms with Crippen LogP contribution < -0.4 is 82.7 Å². The minimum absolute atomic E-state index is 0.0243. The summed E-state index contributed by atoms with van der Waals surface area (Å²) in [5.41, 5.74) is 39.2. The van der Waals surface area contributed by atoms with Crippen molar-refractivity contribution in [3.05, 3.63) is 35.9 Å². The Morgan fingerprint density at radius 2 is 0.947 bits per heavy atom. The molecule has 31 heteroatoms. The Kier molecular flexibility index (Phi) is 32.0. The molecule has 75 heavy (non-hydrogen) atoms. The van der Waals surface area contributed by atoms with E-state index >= 15 is 0 Å². The lowest BCUT2D eigenvalue weighted by atomic mass is 9.97. The second kappa shape index (κ2) is 36.3. The number of carbonyl (C=O) groups is 9. The van der Waals surface area contributed by atoms with Gasteiger partial charge < -0.3 is 87.8 Å². The number of amides is 8. The van der Waals surface area contributed by atoms with Crippen LogP contribution in [-0.4, -0.2) is 168 Å². The van der Waals surface area contributed by atoms with E-state index in [1.807, 2.05) is 0 Å². The van der Waals surface area contributed by atoms with Crippen molar-refractivity contribution in [1.82, 2.24) is 42.5 Å². The summed E-state index contributed by atoms with van der Waals surface area (Å²) in [4.78, 5) is 132. The molecule has 1 aromatic carbocycles. The van der Waals surface area contributed by atoms with E-state index in [4.69, 9.17) is 40.1 Å². The Labute approximate surface area is 451 Å². The summed E-state index contributed by atoms with van der Waals surface area (Å²) in [6, 6.07) is -1.72. The van der Waals surface area contributed by atoms with Gasteiger partial charge in [0.2, 0.25) is 47.3 Å². The number of nitrogens with zero attached hydrogens (tertiary/aromatic N) is 3. The second-order valence-electron chi connectivity index (χ2n) is 17.0. The van der Waals surface area contributed by atoms with E-state index in [-0.39, 0.29) is 93.3 Å². The zero-order chi connectivity index (χ0) is 56.6. The van der Waals surface area contributed by atoms with Crippen LogP contribution in [0.15, 0.2) is 45.3 Å². The molecule has 0 radical (unpaired) electrons. The molecule has 0 aliphatic rings. The van der Waals surface area contributed by atoms with Crippen molar-refractivity contribution in [2.45, 2.75) is 114 Å². The molecule has 0 unspecified atom stereocenters. The maximum Gasteiger partial charge on any atom is 0.327 e. The fraction of sp³-hybridized carbons (Fsp3) is 0.591. The van der Waals surface area contributed by atoms with E-state index in [0.717, 1.165) is 0 Å². The highest BCUT2D eigenvalue weighted by atomic mass is 32.1. The van der Waals surface area contributed by atoms with Gasteiger partial charge in [0.1, 0.15) is 42.3 Å². The first kappa shape index (κ1) is 66.3. The third kappa shape index (κ3) is 26.9. The normalized spacial score (nSPS) is 14.4. The van der Waals surface area contributed by atoms with Gasteiger partial charge >= 0.3 is 5.97 Å². The number of thiol groups is 3. The third-order valence-corrected chi connectivity index (χ3v) is 12.1. The molecule has 1 rings (SSSR count). The van der Waals surface area contributed by atoms with Crippen molar-refractivity contribution in [3.63, 3.8) is 0 Å². The molecule has 0 heterocycles. The number of carbonyl (C=O) groups excluding carboxylic acids is 8. The molecular formula is C44H76N18O10S3. The molecule has 0 saturated carbocycles. The second-order valence-corrected chi connectivity index (χ2v) is 18.1. The Morgan fingerprint density at radius 3 is 1.41 bits per heavy atom. The maximum absolute atomic E-state index is 14.1. The van der Waals surface area contributed by atoms with Crippen LogP contribution in [0.4, 0.5) is 0 Å². The van der Waals surface area contributed by atoms with Crippen LogP contribution in [0.2, 0.25) is 0 Å². The van der Waals surface area contributed by atoms with Gasteiger partial charge in [0.15, 0.2) is 17.9 Å². The first-order valence-electron chi connectivity index (χ1n) is 23.9. The van der Waals surface area contributed by atoms with Crippen LogP contribution in [0.25, 0.3) is 0 Å². The number of carboxylic acids is 1. The van der Waals surface area contributed by atoms with E-state index < -0.39 is 114 Å². The molecule has 0 bridgehead atoms. The Balaban J connectivity index is 3.34. The topological polar surface area (TPSA) is 489 Å². The number of hydrogen-bond donors (Lipinski definition) is 19. The van der Waals surface area contributed by atoms with Gasteiger partial charge in [-0.05, 0) is 50.0 Å². The number of hydrogen-bond acceptors (Lipinski definition) is 16. The summed E-state index contributed by atoms with van der Waals surface area (Å²) in [7, 11) is 0. The minimum atomic E-state index is -1.40. The molecule has 1 aromatic rings. The predicted molar refractivity (Wildman–Crippen MR) is 293 cm³/mol. The molecule has 9 atom stereocenters. The summed E-state index contributed by atoms with van der Waals surface area (Å²) in [6.45, 7) is 3.03. The number of nitrogens with two attached hydrogens (primary N) is 7. The van der Waals surface area contributed by atoms with E-state index in [9.17, 15) is 48.3 Å².